The second-order valence-corrected chi connectivity index (χ2v) is 7.23. The van der Waals surface area contributed by atoms with E-state index in [9.17, 15) is 4.79 Å². The topological polar surface area (TPSA) is 38.3 Å². The van der Waals surface area contributed by atoms with Crippen LogP contribution in [0.4, 0.5) is 0 Å². The molecule has 27 heavy (non-hydrogen) atoms. The SMILES string of the molecule is O=C(/C=C/c1ccc(OCc2ccccc2)cc1)NC1CCCCCCC1. The minimum Gasteiger partial charge on any atom is -0.489 e. The molecule has 2 aromatic rings. The van der Waals surface area contributed by atoms with Crippen LogP contribution in [0.15, 0.2) is 60.7 Å². The molecule has 0 heterocycles. The fourth-order valence-electron chi connectivity index (χ4n) is 3.44. The number of carbonyl (C=O) groups is 1. The van der Waals surface area contributed by atoms with Crippen molar-refractivity contribution in [3.05, 3.63) is 71.8 Å². The third-order valence-corrected chi connectivity index (χ3v) is 5.01. The quantitative estimate of drug-likeness (QED) is 0.688. The highest BCUT2D eigenvalue weighted by Crippen LogP contribution is 2.17. The predicted octanol–water partition coefficient (Wildman–Crippen LogP) is 5.51. The first-order chi connectivity index (χ1) is 13.3. The van der Waals surface area contributed by atoms with Gasteiger partial charge in [-0.2, -0.15) is 0 Å². The number of carbonyl (C=O) groups excluding carboxylic acids is 1. The van der Waals surface area contributed by atoms with Gasteiger partial charge in [0, 0.05) is 12.1 Å². The molecule has 3 nitrogen and oxygen atoms in total. The maximum atomic E-state index is 12.2. The molecule has 0 radical (unpaired) electrons. The van der Waals surface area contributed by atoms with Crippen molar-refractivity contribution in [3.8, 4) is 5.75 Å². The van der Waals surface area contributed by atoms with Crippen molar-refractivity contribution < 1.29 is 9.53 Å². The zero-order valence-electron chi connectivity index (χ0n) is 15.9. The summed E-state index contributed by atoms with van der Waals surface area (Å²) < 4.78 is 5.79. The predicted molar refractivity (Wildman–Crippen MR) is 110 cm³/mol. The van der Waals surface area contributed by atoms with E-state index in [4.69, 9.17) is 4.74 Å². The van der Waals surface area contributed by atoms with E-state index in [1.807, 2.05) is 60.7 Å². The first-order valence-corrected chi connectivity index (χ1v) is 10.0. The van der Waals surface area contributed by atoms with Crippen molar-refractivity contribution in [2.45, 2.75) is 57.6 Å². The van der Waals surface area contributed by atoms with Crippen LogP contribution in [0.2, 0.25) is 0 Å². The Bertz CT molecular complexity index is 714. The van der Waals surface area contributed by atoms with Crippen molar-refractivity contribution in [2.24, 2.45) is 0 Å². The maximum absolute atomic E-state index is 12.2. The number of ether oxygens (including phenoxy) is 1. The summed E-state index contributed by atoms with van der Waals surface area (Å²) in [5.74, 6) is 0.833. The van der Waals surface area contributed by atoms with Crippen LogP contribution in [-0.2, 0) is 11.4 Å². The summed E-state index contributed by atoms with van der Waals surface area (Å²) in [7, 11) is 0. The Hall–Kier alpha value is -2.55. The van der Waals surface area contributed by atoms with Crippen molar-refractivity contribution >= 4 is 12.0 Å². The number of amides is 1. The summed E-state index contributed by atoms with van der Waals surface area (Å²) in [4.78, 5) is 12.2. The lowest BCUT2D eigenvalue weighted by Crippen LogP contribution is -2.34. The lowest BCUT2D eigenvalue weighted by Gasteiger charge is -2.20. The molecular formula is C24H29NO2. The lowest BCUT2D eigenvalue weighted by molar-refractivity contribution is -0.117. The average Bonchev–Trinajstić information content (AvgIpc) is 2.68. The smallest absolute Gasteiger partial charge is 0.244 e. The van der Waals surface area contributed by atoms with Crippen LogP contribution in [0, 0.1) is 0 Å². The van der Waals surface area contributed by atoms with Gasteiger partial charge in [0.25, 0.3) is 0 Å². The number of benzene rings is 2. The molecule has 0 aromatic heterocycles. The van der Waals surface area contributed by atoms with E-state index in [1.165, 1.54) is 32.1 Å². The van der Waals surface area contributed by atoms with Crippen LogP contribution < -0.4 is 10.1 Å². The Labute approximate surface area is 162 Å². The van der Waals surface area contributed by atoms with Gasteiger partial charge in [0.2, 0.25) is 5.91 Å². The summed E-state index contributed by atoms with van der Waals surface area (Å²) in [5.41, 5.74) is 2.14. The lowest BCUT2D eigenvalue weighted by atomic mass is 9.97. The molecular weight excluding hydrogens is 334 g/mol. The van der Waals surface area contributed by atoms with Crippen LogP contribution in [0.5, 0.6) is 5.75 Å². The fourth-order valence-corrected chi connectivity index (χ4v) is 3.44. The zero-order chi connectivity index (χ0) is 18.7. The molecule has 142 valence electrons. The van der Waals surface area contributed by atoms with Gasteiger partial charge in [-0.15, -0.1) is 0 Å². The summed E-state index contributed by atoms with van der Waals surface area (Å²) in [6.07, 6.45) is 12.1. The summed E-state index contributed by atoms with van der Waals surface area (Å²) in [6, 6.07) is 18.3. The van der Waals surface area contributed by atoms with Crippen LogP contribution in [-0.4, -0.2) is 11.9 Å². The largest absolute Gasteiger partial charge is 0.489 e. The number of nitrogens with one attached hydrogen (secondary N) is 1. The van der Waals surface area contributed by atoms with E-state index in [1.54, 1.807) is 6.08 Å². The average molecular weight is 364 g/mol. The van der Waals surface area contributed by atoms with Gasteiger partial charge in [0.1, 0.15) is 12.4 Å². The van der Waals surface area contributed by atoms with Gasteiger partial charge >= 0.3 is 0 Å². The van der Waals surface area contributed by atoms with Crippen molar-refractivity contribution in [1.82, 2.24) is 5.32 Å². The molecule has 1 N–H and O–H groups in total. The van der Waals surface area contributed by atoms with Gasteiger partial charge in [-0.1, -0.05) is 74.6 Å². The molecule has 1 aliphatic rings. The molecule has 0 saturated heterocycles. The second-order valence-electron chi connectivity index (χ2n) is 7.23. The van der Waals surface area contributed by atoms with Crippen LogP contribution in [0.1, 0.15) is 56.1 Å². The molecule has 1 saturated carbocycles. The number of hydrogen-bond acceptors (Lipinski definition) is 2. The number of hydrogen-bond donors (Lipinski definition) is 1. The maximum Gasteiger partial charge on any atom is 0.244 e. The van der Waals surface area contributed by atoms with Crippen molar-refractivity contribution in [2.75, 3.05) is 0 Å². The Morgan fingerprint density at radius 1 is 0.926 bits per heavy atom. The van der Waals surface area contributed by atoms with Crippen LogP contribution >= 0.6 is 0 Å². The van der Waals surface area contributed by atoms with E-state index < -0.39 is 0 Å². The van der Waals surface area contributed by atoms with Gasteiger partial charge in [-0.3, -0.25) is 4.79 Å². The normalized spacial score (nSPS) is 15.9. The van der Waals surface area contributed by atoms with Gasteiger partial charge in [-0.05, 0) is 42.2 Å². The van der Waals surface area contributed by atoms with Crippen molar-refractivity contribution in [1.29, 1.82) is 0 Å². The minimum atomic E-state index is 0.00461. The summed E-state index contributed by atoms with van der Waals surface area (Å²) in [5, 5.41) is 3.16. The highest BCUT2D eigenvalue weighted by atomic mass is 16.5. The molecule has 0 bridgehead atoms. The molecule has 0 atom stereocenters. The first-order valence-electron chi connectivity index (χ1n) is 10.0. The Morgan fingerprint density at radius 2 is 1.59 bits per heavy atom. The van der Waals surface area contributed by atoms with Crippen molar-refractivity contribution in [3.63, 3.8) is 0 Å². The number of rotatable bonds is 6. The molecule has 1 amide bonds. The molecule has 1 aliphatic carbocycles. The highest BCUT2D eigenvalue weighted by molar-refractivity contribution is 5.91. The first kappa shape index (κ1) is 19.2. The van der Waals surface area contributed by atoms with E-state index >= 15 is 0 Å². The third-order valence-electron chi connectivity index (χ3n) is 5.01. The summed E-state index contributed by atoms with van der Waals surface area (Å²) in [6.45, 7) is 0.555. The highest BCUT2D eigenvalue weighted by Gasteiger charge is 2.12. The second kappa shape index (κ2) is 10.6. The van der Waals surface area contributed by atoms with Gasteiger partial charge < -0.3 is 10.1 Å². The Balaban J connectivity index is 1.46. The standard InChI is InChI=1S/C24H29NO2/c26-24(25-22-11-7-2-1-3-8-12-22)18-15-20-13-16-23(17-14-20)27-19-21-9-5-4-6-10-21/h4-6,9-10,13-18,22H,1-3,7-8,11-12,19H2,(H,25,26)/b18-15+. The molecule has 0 unspecified atom stereocenters. The van der Waals surface area contributed by atoms with Crippen LogP contribution in [0.25, 0.3) is 6.08 Å². The van der Waals surface area contributed by atoms with E-state index in [0.717, 1.165) is 29.7 Å². The monoisotopic (exact) mass is 363 g/mol. The fraction of sp³-hybridized carbons (Fsp3) is 0.375. The Morgan fingerprint density at radius 3 is 2.30 bits per heavy atom. The molecule has 2 aromatic carbocycles. The molecule has 0 aliphatic heterocycles. The van der Waals surface area contributed by atoms with E-state index in [2.05, 4.69) is 5.32 Å². The zero-order valence-corrected chi connectivity index (χ0v) is 15.9. The van der Waals surface area contributed by atoms with Crippen LogP contribution in [0.3, 0.4) is 0 Å². The van der Waals surface area contributed by atoms with E-state index in [0.29, 0.717) is 12.6 Å². The van der Waals surface area contributed by atoms with Gasteiger partial charge in [-0.25, -0.2) is 0 Å². The molecule has 3 rings (SSSR count). The van der Waals surface area contributed by atoms with Gasteiger partial charge in [0.15, 0.2) is 0 Å². The molecule has 0 spiro atoms. The van der Waals surface area contributed by atoms with E-state index in [-0.39, 0.29) is 5.91 Å². The molecule has 1 fully saturated rings. The third kappa shape index (κ3) is 6.93. The van der Waals surface area contributed by atoms with Gasteiger partial charge in [0.05, 0.1) is 0 Å². The minimum absolute atomic E-state index is 0.00461. The summed E-state index contributed by atoms with van der Waals surface area (Å²) >= 11 is 0. The Kier molecular flexibility index (Phi) is 7.52. The molecule has 3 heteroatoms.